The summed E-state index contributed by atoms with van der Waals surface area (Å²) in [7, 11) is 0. The zero-order valence-electron chi connectivity index (χ0n) is 77.4. The van der Waals surface area contributed by atoms with Crippen molar-refractivity contribution in [2.45, 2.75) is 322 Å². The topological polar surface area (TPSA) is 332 Å². The van der Waals surface area contributed by atoms with Gasteiger partial charge in [-0.25, -0.2) is 63.1 Å². The Hall–Kier alpha value is -8.57. The number of hydrogen-bond donors (Lipinski definition) is 3. The molecule has 3 aliphatic carbocycles. The Labute approximate surface area is 809 Å². The van der Waals surface area contributed by atoms with Gasteiger partial charge in [0.15, 0.2) is 0 Å². The van der Waals surface area contributed by atoms with Crippen molar-refractivity contribution in [2.75, 3.05) is 19.6 Å². The molecule has 134 heavy (non-hydrogen) atoms. The maximum absolute atomic E-state index is 14.1. The molecule has 3 aromatic carbocycles. The molecule has 6 amide bonds. The van der Waals surface area contributed by atoms with Crippen LogP contribution in [-0.2, 0) is 136 Å². The molecule has 27 nitrogen and oxygen atoms in total. The molecule has 6 aromatic rings. The van der Waals surface area contributed by atoms with Crippen LogP contribution in [0.1, 0.15) is 245 Å². The number of carbonyl (C=O) groups excluding carboxylic acids is 9. The average Bonchev–Trinajstić information content (AvgIpc) is 1.70. The zero-order chi connectivity index (χ0) is 94.7. The quantitative estimate of drug-likeness (QED) is 0.0838. The second-order valence-electron chi connectivity index (χ2n) is 39.8. The van der Waals surface area contributed by atoms with Crippen LogP contribution in [0.15, 0.2) is 54.6 Å². The number of nitrogens with zero attached hydrogens (tertiary/aromatic N) is 9. The third-order valence-electron chi connectivity index (χ3n) is 27.1. The van der Waals surface area contributed by atoms with Crippen molar-refractivity contribution >= 4 is 88.0 Å². The van der Waals surface area contributed by atoms with Crippen LogP contribution in [0.4, 0.5) is 53.9 Å². The normalized spacial score (nSPS) is 28.4. The van der Waals surface area contributed by atoms with E-state index in [1.807, 2.05) is 67.3 Å². The fraction of sp³-hybridized carbons (Fsp3) is 0.653. The molecule has 15 rings (SSSR count). The largest absolute Gasteiger partial charge is 0.540 e. The van der Waals surface area contributed by atoms with Gasteiger partial charge in [-0.15, -0.1) is 0 Å². The van der Waals surface area contributed by atoms with Crippen LogP contribution >= 0.6 is 0 Å². The Morgan fingerprint density at radius 2 is 0.657 bits per heavy atom. The average molecular weight is 1990 g/mol. The minimum absolute atomic E-state index is 0. The monoisotopic (exact) mass is 1990 g/mol. The molecule has 9 heterocycles. The molecule has 6 fully saturated rings. The Balaban J connectivity index is 0.000000206. The molecule has 0 unspecified atom stereocenters. The second-order valence-corrected chi connectivity index (χ2v) is 39.8. The van der Waals surface area contributed by atoms with E-state index >= 15 is 0 Å². The molecule has 9 aliphatic rings. The van der Waals surface area contributed by atoms with Crippen molar-refractivity contribution in [1.29, 1.82) is 0 Å². The molecule has 39 heteroatoms. The van der Waals surface area contributed by atoms with Crippen molar-refractivity contribution in [3.05, 3.63) is 88.4 Å². The molecule has 18 atom stereocenters. The number of alkyl carbamates (subject to hydrolysis) is 3. The molecular formula is C95H118F9N12O15V3-3. The predicted octanol–water partition coefficient (Wildman–Crippen LogP) is 16.9. The Morgan fingerprint density at radius 3 is 0.970 bits per heavy atom. The number of halogens is 9. The minimum atomic E-state index is -4.55. The molecule has 3 radical (unpaired) electrons. The van der Waals surface area contributed by atoms with Gasteiger partial charge in [-0.1, -0.05) is 146 Å². The van der Waals surface area contributed by atoms with Crippen LogP contribution < -0.4 is 30.2 Å². The van der Waals surface area contributed by atoms with Gasteiger partial charge in [0.25, 0.3) is 0 Å². The SMILES string of the molecule is CC[C@@H]1[C@@H]2CN(C(=O)[C@H](C(C)(C)C)NC(=O)O[C@@H]3CCC[C@H]3CCCCCc3nc4ccc(C(F)(F)F)cc4nc3O2)[C@@H]1[C-]=O.C[C@@H]1[C@@H]2CN(C(=O)[C@H](C(C)(C)C)NC(=O)O[C@@H]3CCC[C@H]3CCCCCc3nc4ccc(C(F)(F)F)cc4nc3O2)[C@@H]1[C-]=O.C[C@@H]1[C@@H]2CN(C(=O)[C@H](C(C)(C)C)NC(=O)O[C@@H]3C[C@H]3CCCCCc3nc4ccc(C(F)(F)F)cc4nc3O2)[C@@H]1[C-]=O.[V].[V].[V]. The Morgan fingerprint density at radius 1 is 0.358 bits per heavy atom. The molecule has 729 valence electrons. The minimum Gasteiger partial charge on any atom is -0.540 e. The van der Waals surface area contributed by atoms with E-state index in [-0.39, 0.29) is 146 Å². The van der Waals surface area contributed by atoms with E-state index in [1.54, 1.807) is 34.6 Å². The fourth-order valence-corrected chi connectivity index (χ4v) is 19.4. The number of ether oxygens (including phenoxy) is 6. The molecule has 0 spiro atoms. The number of carbonyl (C=O) groups is 6. The van der Waals surface area contributed by atoms with Crippen molar-refractivity contribution < 1.29 is 167 Å². The van der Waals surface area contributed by atoms with E-state index in [9.17, 15) is 82.7 Å². The zero-order valence-corrected chi connectivity index (χ0v) is 81.6. The number of nitrogens with one attached hydrogen (secondary N) is 3. The summed E-state index contributed by atoms with van der Waals surface area (Å²) in [6.07, 6.45) is 5.85. The van der Waals surface area contributed by atoms with Crippen LogP contribution in [0.3, 0.4) is 0 Å². The second kappa shape index (κ2) is 44.5. The summed E-state index contributed by atoms with van der Waals surface area (Å²) in [4.78, 5) is 149. The summed E-state index contributed by atoms with van der Waals surface area (Å²) < 4.78 is 158. The number of alkyl halides is 9. The van der Waals surface area contributed by atoms with Gasteiger partial charge in [0, 0.05) is 55.7 Å². The number of hydrogen-bond acceptors (Lipinski definition) is 21. The summed E-state index contributed by atoms with van der Waals surface area (Å²) in [6.45, 7) is 21.7. The van der Waals surface area contributed by atoms with E-state index in [0.717, 1.165) is 158 Å². The van der Waals surface area contributed by atoms with Gasteiger partial charge in [-0.3, -0.25) is 14.4 Å². The van der Waals surface area contributed by atoms with Crippen molar-refractivity contribution in [2.24, 2.45) is 51.8 Å². The van der Waals surface area contributed by atoms with Crippen LogP contribution in [0.5, 0.6) is 17.6 Å². The molecule has 6 aliphatic heterocycles. The van der Waals surface area contributed by atoms with Gasteiger partial charge >= 0.3 is 36.8 Å². The van der Waals surface area contributed by atoms with E-state index in [4.69, 9.17) is 28.4 Å². The van der Waals surface area contributed by atoms with Gasteiger partial charge in [0.2, 0.25) is 35.4 Å². The van der Waals surface area contributed by atoms with Gasteiger partial charge in [0.1, 0.15) is 71.8 Å². The third-order valence-corrected chi connectivity index (χ3v) is 27.1. The Bertz CT molecular complexity index is 5180. The van der Waals surface area contributed by atoms with E-state index in [1.165, 1.54) is 32.9 Å². The first-order chi connectivity index (χ1) is 61.8. The number of fused-ring (bicyclic) bond motifs is 15. The van der Waals surface area contributed by atoms with Crippen molar-refractivity contribution in [3.8, 4) is 17.6 Å². The standard InChI is InChI=1S/C33H42F3N4O5.C32H40F3N4O5.C30H36F3N4O5.3V/c1-5-21-25(18-41)40-17-27(21)44-29-23(37-22-15-14-20(33(34,35)36)16-24(22)38-29)12-8-6-7-10-19-11-9-13-26(19)45-31(43)39-28(30(40)42)32(2,3)4;1-18-24(17-40)39-16-26(18)43-28-22(36-21-14-13-20(32(33,34)35)15-23(21)37-28)11-7-5-6-9-19-10-8-12-25(19)44-30(42)38-27(29(39)41)31(2,3)4;1-16-22(15-38)37-14-24(16)41-26-20(34-19-11-10-18(30(31,32)33)13-21(19)35-26)9-7-5-6-8-17-12-23(17)42-28(40)36-25(27(37)39)29(2,3)4;;;/h14-16,19,21,25-28H,5-13,17H2,1-4H3,(H,39,43);13-15,18-19,24-27H,5-12,16H2,1-4H3,(H,38,42);10-11,13,16-17,22-25H,5-9,12,14H2,1-4H3,(H,36,40);;;/q3*-1;;;/t19-,21+,25-,26-,27+,28-;18-,19+,24+,25+,26-,27+;16-,17+,22+,23+,24-,25+;;;/m100.../s1. The first-order valence-corrected chi connectivity index (χ1v) is 45.9. The van der Waals surface area contributed by atoms with Gasteiger partial charge in [-0.05, 0) is 209 Å². The number of benzene rings is 3. The van der Waals surface area contributed by atoms with E-state index < -0.39 is 160 Å². The van der Waals surface area contributed by atoms with Gasteiger partial charge in [0.05, 0.1) is 69.4 Å². The number of rotatable bonds is 4. The van der Waals surface area contributed by atoms with Crippen LogP contribution in [0, 0.1) is 51.8 Å². The van der Waals surface area contributed by atoms with Crippen molar-refractivity contribution in [1.82, 2.24) is 60.6 Å². The molecule has 3 saturated heterocycles. The van der Waals surface area contributed by atoms with Gasteiger partial charge < -0.3 is 73.5 Å². The maximum atomic E-state index is 14.1. The molecule has 3 aromatic heterocycles. The Kier molecular flexibility index (Phi) is 35.7. The maximum Gasteiger partial charge on any atom is 0.416 e. The summed E-state index contributed by atoms with van der Waals surface area (Å²) in [6, 6.07) is 3.90. The summed E-state index contributed by atoms with van der Waals surface area (Å²) in [5.74, 6) is -1.90. The number of aryl methyl sites for hydroxylation is 3. The number of amides is 6. The fourth-order valence-electron chi connectivity index (χ4n) is 19.4. The van der Waals surface area contributed by atoms with Crippen LogP contribution in [0.2, 0.25) is 0 Å². The molecule has 3 N–H and O–H groups in total. The van der Waals surface area contributed by atoms with E-state index in [2.05, 4.69) is 45.9 Å². The summed E-state index contributed by atoms with van der Waals surface area (Å²) >= 11 is 0. The predicted molar refractivity (Wildman–Crippen MR) is 462 cm³/mol. The van der Waals surface area contributed by atoms with Crippen LogP contribution in [-0.4, -0.2) is 192 Å². The molecule has 6 bridgehead atoms. The molecule has 3 saturated carbocycles. The van der Waals surface area contributed by atoms with Crippen molar-refractivity contribution in [3.63, 3.8) is 0 Å². The van der Waals surface area contributed by atoms with E-state index in [0.29, 0.717) is 59.3 Å². The first kappa shape index (κ1) is 107. The van der Waals surface area contributed by atoms with Crippen LogP contribution in [0.25, 0.3) is 33.1 Å². The third kappa shape index (κ3) is 25.7. The summed E-state index contributed by atoms with van der Waals surface area (Å²) in [5, 5.41) is 8.31. The summed E-state index contributed by atoms with van der Waals surface area (Å²) in [5.41, 5.74) is -1.99. The molecular weight excluding hydrogens is 1870 g/mol. The van der Waals surface area contributed by atoms with Gasteiger partial charge in [-0.2, -0.15) is 39.5 Å². The first-order valence-electron chi connectivity index (χ1n) is 45.9. The smallest absolute Gasteiger partial charge is 0.416 e. The number of aromatic nitrogens is 6.